The summed E-state index contributed by atoms with van der Waals surface area (Å²) in [5.41, 5.74) is 2.52. The first kappa shape index (κ1) is 13.9. The summed E-state index contributed by atoms with van der Waals surface area (Å²) < 4.78 is 6.15. The predicted octanol–water partition coefficient (Wildman–Crippen LogP) is 3.80. The molecule has 0 N–H and O–H groups in total. The Labute approximate surface area is 123 Å². The predicted molar refractivity (Wildman–Crippen MR) is 83.3 cm³/mol. The minimum atomic E-state index is 0.710. The third-order valence-electron chi connectivity index (χ3n) is 4.69. The molecule has 3 rings (SSSR count). The van der Waals surface area contributed by atoms with E-state index in [2.05, 4.69) is 36.9 Å². The van der Waals surface area contributed by atoms with Gasteiger partial charge in [-0.2, -0.15) is 0 Å². The summed E-state index contributed by atoms with van der Waals surface area (Å²) in [7, 11) is 0. The van der Waals surface area contributed by atoms with Crippen molar-refractivity contribution in [1.82, 2.24) is 4.90 Å². The second-order valence-corrected chi connectivity index (χ2v) is 6.74. The molecular weight excluding hydrogens is 246 g/mol. The van der Waals surface area contributed by atoms with Gasteiger partial charge < -0.3 is 9.64 Å². The van der Waals surface area contributed by atoms with E-state index in [-0.39, 0.29) is 0 Å². The zero-order chi connectivity index (χ0) is 13.9. The molecule has 2 heteroatoms. The van der Waals surface area contributed by atoms with Gasteiger partial charge in [0.05, 0.1) is 6.61 Å². The number of hydrogen-bond acceptors (Lipinski definition) is 2. The Hall–Kier alpha value is -1.02. The van der Waals surface area contributed by atoms with Gasteiger partial charge in [-0.3, -0.25) is 0 Å². The van der Waals surface area contributed by atoms with Crippen LogP contribution in [-0.4, -0.2) is 31.1 Å². The standard InChI is InChI=1S/C18H27NO/c1-14-5-3-6-15(2)18(14)20-13-17-7-4-10-19(12-17)11-16-8-9-16/h3,5-6,16-17H,4,7-13H2,1-2H3/t17-/m0/s1. The minimum absolute atomic E-state index is 0.710. The molecular formula is C18H27NO. The van der Waals surface area contributed by atoms with Gasteiger partial charge >= 0.3 is 0 Å². The van der Waals surface area contributed by atoms with E-state index in [1.54, 1.807) is 0 Å². The van der Waals surface area contributed by atoms with Crippen molar-refractivity contribution in [3.05, 3.63) is 29.3 Å². The number of aryl methyl sites for hydroxylation is 2. The molecule has 1 aliphatic heterocycles. The van der Waals surface area contributed by atoms with Crippen LogP contribution in [0.1, 0.15) is 36.8 Å². The summed E-state index contributed by atoms with van der Waals surface area (Å²) >= 11 is 0. The fourth-order valence-corrected chi connectivity index (χ4v) is 3.35. The van der Waals surface area contributed by atoms with Gasteiger partial charge in [0, 0.05) is 19.0 Å². The van der Waals surface area contributed by atoms with Crippen LogP contribution in [-0.2, 0) is 0 Å². The average Bonchev–Trinajstić information content (AvgIpc) is 3.23. The van der Waals surface area contributed by atoms with Crippen molar-refractivity contribution in [1.29, 1.82) is 0 Å². The molecule has 0 unspecified atom stereocenters. The monoisotopic (exact) mass is 273 g/mol. The second-order valence-electron chi connectivity index (χ2n) is 6.74. The van der Waals surface area contributed by atoms with E-state index in [0.717, 1.165) is 18.3 Å². The maximum absolute atomic E-state index is 6.15. The summed E-state index contributed by atoms with van der Waals surface area (Å²) in [6.07, 6.45) is 5.58. The third-order valence-corrected chi connectivity index (χ3v) is 4.69. The fourth-order valence-electron chi connectivity index (χ4n) is 3.35. The van der Waals surface area contributed by atoms with Crippen LogP contribution >= 0.6 is 0 Å². The van der Waals surface area contributed by atoms with Gasteiger partial charge in [-0.05, 0) is 63.1 Å². The van der Waals surface area contributed by atoms with Crippen molar-refractivity contribution in [2.45, 2.75) is 39.5 Å². The summed E-state index contributed by atoms with van der Waals surface area (Å²) in [4.78, 5) is 2.67. The number of para-hydroxylation sites is 1. The molecule has 20 heavy (non-hydrogen) atoms. The summed E-state index contributed by atoms with van der Waals surface area (Å²) in [5.74, 6) is 2.82. The lowest BCUT2D eigenvalue weighted by atomic mass is 9.98. The molecule has 0 radical (unpaired) electrons. The van der Waals surface area contributed by atoms with Crippen LogP contribution in [0.4, 0.5) is 0 Å². The number of nitrogens with zero attached hydrogens (tertiary/aromatic N) is 1. The lowest BCUT2D eigenvalue weighted by Crippen LogP contribution is -2.38. The Kier molecular flexibility index (Phi) is 4.30. The van der Waals surface area contributed by atoms with Crippen molar-refractivity contribution in [2.24, 2.45) is 11.8 Å². The molecule has 1 aliphatic carbocycles. The van der Waals surface area contributed by atoms with Crippen LogP contribution in [0.15, 0.2) is 18.2 Å². The van der Waals surface area contributed by atoms with Gasteiger partial charge in [0.15, 0.2) is 0 Å². The third kappa shape index (κ3) is 3.54. The molecule has 1 aromatic rings. The summed E-state index contributed by atoms with van der Waals surface area (Å²) in [5, 5.41) is 0. The van der Waals surface area contributed by atoms with Crippen LogP contribution < -0.4 is 4.74 Å². The Balaban J connectivity index is 1.52. The molecule has 0 amide bonds. The Morgan fingerprint density at radius 1 is 1.10 bits per heavy atom. The normalized spacial score (nSPS) is 23.8. The number of hydrogen-bond donors (Lipinski definition) is 0. The molecule has 2 nitrogen and oxygen atoms in total. The largest absolute Gasteiger partial charge is 0.493 e. The quantitative estimate of drug-likeness (QED) is 0.809. The zero-order valence-corrected chi connectivity index (χ0v) is 12.9. The van der Waals surface area contributed by atoms with E-state index in [1.807, 2.05) is 0 Å². The van der Waals surface area contributed by atoms with Crippen LogP contribution in [0, 0.1) is 25.7 Å². The molecule has 1 heterocycles. The highest BCUT2D eigenvalue weighted by atomic mass is 16.5. The smallest absolute Gasteiger partial charge is 0.125 e. The topological polar surface area (TPSA) is 12.5 Å². The molecule has 1 saturated heterocycles. The van der Waals surface area contributed by atoms with Gasteiger partial charge in [0.2, 0.25) is 0 Å². The molecule has 2 aliphatic rings. The second kappa shape index (κ2) is 6.17. The number of ether oxygens (including phenoxy) is 1. The van der Waals surface area contributed by atoms with Crippen LogP contribution in [0.2, 0.25) is 0 Å². The molecule has 2 fully saturated rings. The maximum Gasteiger partial charge on any atom is 0.125 e. The highest BCUT2D eigenvalue weighted by Gasteiger charge is 2.27. The van der Waals surface area contributed by atoms with Crippen molar-refractivity contribution >= 4 is 0 Å². The number of benzene rings is 1. The average molecular weight is 273 g/mol. The Bertz CT molecular complexity index is 432. The van der Waals surface area contributed by atoms with Crippen molar-refractivity contribution < 1.29 is 4.74 Å². The Morgan fingerprint density at radius 3 is 2.55 bits per heavy atom. The van der Waals surface area contributed by atoms with Crippen LogP contribution in [0.3, 0.4) is 0 Å². The molecule has 0 bridgehead atoms. The molecule has 0 spiro atoms. The number of piperidine rings is 1. The van der Waals surface area contributed by atoms with Gasteiger partial charge in [-0.25, -0.2) is 0 Å². The molecule has 1 saturated carbocycles. The highest BCUT2D eigenvalue weighted by molar-refractivity contribution is 5.39. The molecule has 110 valence electrons. The summed E-state index contributed by atoms with van der Waals surface area (Å²) in [6, 6.07) is 6.39. The summed E-state index contributed by atoms with van der Waals surface area (Å²) in [6.45, 7) is 9.04. The van der Waals surface area contributed by atoms with E-state index in [4.69, 9.17) is 4.74 Å². The SMILES string of the molecule is Cc1cccc(C)c1OC[C@H]1CCCN(CC2CC2)C1. The van der Waals surface area contributed by atoms with E-state index in [9.17, 15) is 0 Å². The highest BCUT2D eigenvalue weighted by Crippen LogP contribution is 2.31. The van der Waals surface area contributed by atoms with E-state index >= 15 is 0 Å². The van der Waals surface area contributed by atoms with Crippen LogP contribution in [0.25, 0.3) is 0 Å². The maximum atomic E-state index is 6.15. The Morgan fingerprint density at radius 2 is 1.85 bits per heavy atom. The minimum Gasteiger partial charge on any atom is -0.493 e. The first-order chi connectivity index (χ1) is 9.72. The lowest BCUT2D eigenvalue weighted by Gasteiger charge is -2.32. The van der Waals surface area contributed by atoms with Gasteiger partial charge in [0.25, 0.3) is 0 Å². The first-order valence-corrected chi connectivity index (χ1v) is 8.13. The fraction of sp³-hybridized carbons (Fsp3) is 0.667. The zero-order valence-electron chi connectivity index (χ0n) is 12.9. The van der Waals surface area contributed by atoms with Crippen LogP contribution in [0.5, 0.6) is 5.75 Å². The number of rotatable bonds is 5. The molecule has 1 aromatic carbocycles. The van der Waals surface area contributed by atoms with Gasteiger partial charge in [-0.15, -0.1) is 0 Å². The van der Waals surface area contributed by atoms with E-state index in [0.29, 0.717) is 5.92 Å². The van der Waals surface area contributed by atoms with Crippen molar-refractivity contribution in [2.75, 3.05) is 26.2 Å². The lowest BCUT2D eigenvalue weighted by molar-refractivity contribution is 0.126. The molecule has 0 aromatic heterocycles. The molecule has 1 atom stereocenters. The van der Waals surface area contributed by atoms with E-state index < -0.39 is 0 Å². The number of likely N-dealkylation sites (tertiary alicyclic amines) is 1. The van der Waals surface area contributed by atoms with Crippen molar-refractivity contribution in [3.63, 3.8) is 0 Å². The van der Waals surface area contributed by atoms with Crippen molar-refractivity contribution in [3.8, 4) is 5.75 Å². The van der Waals surface area contributed by atoms with E-state index in [1.165, 1.54) is 56.4 Å². The first-order valence-electron chi connectivity index (χ1n) is 8.13. The van der Waals surface area contributed by atoms with Gasteiger partial charge in [0.1, 0.15) is 5.75 Å². The van der Waals surface area contributed by atoms with Gasteiger partial charge in [-0.1, -0.05) is 18.2 Å².